The van der Waals surface area contributed by atoms with Crippen LogP contribution >= 0.6 is 42.3 Å². The highest BCUT2D eigenvalue weighted by atomic mass is 35.6. The van der Waals surface area contributed by atoms with Crippen LogP contribution in [0.4, 0.5) is 0 Å². The van der Waals surface area contributed by atoms with E-state index in [0.29, 0.717) is 25.6 Å². The maximum atomic E-state index is 5.89. The number of nitrogens with zero attached hydrogens (tertiary/aromatic N) is 3. The lowest BCUT2D eigenvalue weighted by Gasteiger charge is -2.31. The summed E-state index contributed by atoms with van der Waals surface area (Å²) in [5.41, 5.74) is 0. The standard InChI is InChI=1S/C9H18Cl3N6P/c1-4-13-8-16-7(9(10,11)12)17-19(18-8,14-5-2)15-6-3/h14-15H,4-6H2,1-3H3,(H,13,18). The van der Waals surface area contributed by atoms with Gasteiger partial charge in [0.15, 0.2) is 13.3 Å². The molecule has 110 valence electrons. The van der Waals surface area contributed by atoms with Crippen molar-refractivity contribution in [1.82, 2.24) is 15.3 Å². The zero-order valence-electron chi connectivity index (χ0n) is 11.0. The van der Waals surface area contributed by atoms with E-state index in [9.17, 15) is 0 Å². The van der Waals surface area contributed by atoms with Crippen molar-refractivity contribution in [3.8, 4) is 0 Å². The molecule has 0 spiro atoms. The summed E-state index contributed by atoms with van der Waals surface area (Å²) in [5, 5.41) is 9.73. The summed E-state index contributed by atoms with van der Waals surface area (Å²) in [5.74, 6) is 0.563. The van der Waals surface area contributed by atoms with E-state index in [0.717, 1.165) is 0 Å². The van der Waals surface area contributed by atoms with E-state index in [4.69, 9.17) is 34.8 Å². The molecule has 0 saturated carbocycles. The van der Waals surface area contributed by atoms with E-state index >= 15 is 0 Å². The number of amidine groups is 1. The zero-order valence-corrected chi connectivity index (χ0v) is 14.2. The summed E-state index contributed by atoms with van der Waals surface area (Å²) in [7, 11) is -2.27. The maximum absolute atomic E-state index is 5.89. The lowest BCUT2D eigenvalue weighted by Crippen LogP contribution is -2.40. The van der Waals surface area contributed by atoms with E-state index in [1.807, 2.05) is 20.8 Å². The van der Waals surface area contributed by atoms with E-state index in [1.165, 1.54) is 0 Å². The number of halogens is 3. The van der Waals surface area contributed by atoms with Crippen LogP contribution in [-0.4, -0.2) is 35.2 Å². The molecule has 0 aliphatic carbocycles. The number of hydrogen-bond acceptors (Lipinski definition) is 4. The molecule has 0 aromatic heterocycles. The molecule has 19 heavy (non-hydrogen) atoms. The minimum atomic E-state index is -2.27. The summed E-state index contributed by atoms with van der Waals surface area (Å²) in [6, 6.07) is 0. The Bertz CT molecular complexity index is 418. The molecular weight excluding hydrogens is 329 g/mol. The van der Waals surface area contributed by atoms with Crippen LogP contribution in [0.1, 0.15) is 20.8 Å². The SMILES string of the molecule is CCN=C1N=C(C(Cl)(Cl)Cl)N=P(NCC)(NCC)N1. The van der Waals surface area contributed by atoms with Gasteiger partial charge in [0.2, 0.25) is 9.75 Å². The average molecular weight is 348 g/mol. The second-order valence-corrected chi connectivity index (χ2v) is 8.21. The Kier molecular flexibility index (Phi) is 6.57. The fraction of sp³-hybridized carbons (Fsp3) is 0.778. The molecule has 1 heterocycles. The third kappa shape index (κ3) is 4.88. The van der Waals surface area contributed by atoms with Gasteiger partial charge in [0.1, 0.15) is 0 Å². The molecule has 0 fully saturated rings. The van der Waals surface area contributed by atoms with Crippen LogP contribution in [0.15, 0.2) is 14.7 Å². The summed E-state index contributed by atoms with van der Waals surface area (Å²) in [6.07, 6.45) is 0. The second kappa shape index (κ2) is 7.25. The molecule has 0 bridgehead atoms. The first-order valence-corrected chi connectivity index (χ1v) is 8.85. The van der Waals surface area contributed by atoms with E-state index in [-0.39, 0.29) is 5.84 Å². The molecule has 6 nitrogen and oxygen atoms in total. The van der Waals surface area contributed by atoms with Crippen LogP contribution in [0, 0.1) is 0 Å². The molecule has 3 N–H and O–H groups in total. The van der Waals surface area contributed by atoms with Gasteiger partial charge in [0.05, 0.1) is 0 Å². The van der Waals surface area contributed by atoms with E-state index in [2.05, 4.69) is 30.0 Å². The van der Waals surface area contributed by atoms with E-state index < -0.39 is 11.3 Å². The molecule has 1 rings (SSSR count). The van der Waals surface area contributed by atoms with Crippen LogP contribution in [0.25, 0.3) is 0 Å². The highest BCUT2D eigenvalue weighted by Crippen LogP contribution is 2.42. The monoisotopic (exact) mass is 346 g/mol. The molecule has 0 saturated heterocycles. The summed E-state index contributed by atoms with van der Waals surface area (Å²) in [4.78, 5) is 8.38. The predicted molar refractivity (Wildman–Crippen MR) is 85.5 cm³/mol. The minimum absolute atomic E-state index is 0.138. The highest BCUT2D eigenvalue weighted by Gasteiger charge is 2.35. The maximum Gasteiger partial charge on any atom is 0.250 e. The number of aliphatic imine (C=N–C) groups is 2. The van der Waals surface area contributed by atoms with Crippen molar-refractivity contribution < 1.29 is 0 Å². The first-order valence-electron chi connectivity index (χ1n) is 5.98. The van der Waals surface area contributed by atoms with Gasteiger partial charge >= 0.3 is 0 Å². The van der Waals surface area contributed by atoms with Crippen molar-refractivity contribution >= 4 is 54.1 Å². The first kappa shape index (κ1) is 17.2. The molecule has 0 radical (unpaired) electrons. The first-order chi connectivity index (χ1) is 8.87. The molecule has 10 heteroatoms. The topological polar surface area (TPSA) is 73.2 Å². The molecular formula is C9H18Cl3N6P. The largest absolute Gasteiger partial charge is 0.297 e. The molecule has 1 aliphatic rings. The normalized spacial score (nSPS) is 20.7. The van der Waals surface area contributed by atoms with Gasteiger partial charge in [-0.25, -0.2) is 0 Å². The Labute approximate surface area is 128 Å². The fourth-order valence-electron chi connectivity index (χ4n) is 1.46. The second-order valence-electron chi connectivity index (χ2n) is 3.60. The van der Waals surface area contributed by atoms with Crippen LogP contribution in [0.5, 0.6) is 0 Å². The van der Waals surface area contributed by atoms with Gasteiger partial charge in [0, 0.05) is 19.6 Å². The van der Waals surface area contributed by atoms with Crippen molar-refractivity contribution in [3.05, 3.63) is 0 Å². The third-order valence-corrected chi connectivity index (χ3v) is 5.12. The zero-order chi connectivity index (χ0) is 14.5. The van der Waals surface area contributed by atoms with Gasteiger partial charge in [0.25, 0.3) is 0 Å². The Morgan fingerprint density at radius 2 is 1.79 bits per heavy atom. The number of hydrogen-bond donors (Lipinski definition) is 3. The molecule has 0 atom stereocenters. The Morgan fingerprint density at radius 3 is 2.21 bits per heavy atom. The Balaban J connectivity index is 3.26. The Morgan fingerprint density at radius 1 is 1.21 bits per heavy atom. The molecule has 0 aromatic rings. The van der Waals surface area contributed by atoms with Gasteiger partial charge < -0.3 is 0 Å². The highest BCUT2D eigenvalue weighted by molar-refractivity contribution is 7.61. The molecule has 0 aromatic carbocycles. The summed E-state index contributed by atoms with van der Waals surface area (Å²) < 4.78 is 2.77. The fourth-order valence-corrected chi connectivity index (χ4v) is 4.16. The average Bonchev–Trinajstić information content (AvgIpc) is 2.28. The summed E-state index contributed by atoms with van der Waals surface area (Å²) in [6.45, 7) is 7.87. The van der Waals surface area contributed by atoms with Crippen molar-refractivity contribution in [2.75, 3.05) is 19.6 Å². The van der Waals surface area contributed by atoms with Crippen molar-refractivity contribution in [2.45, 2.75) is 24.6 Å². The van der Waals surface area contributed by atoms with Crippen LogP contribution < -0.4 is 15.3 Å². The number of rotatable bonds is 5. The minimum Gasteiger partial charge on any atom is -0.297 e. The van der Waals surface area contributed by atoms with Crippen molar-refractivity contribution in [2.24, 2.45) is 14.7 Å². The van der Waals surface area contributed by atoms with Gasteiger partial charge in [-0.3, -0.25) is 20.3 Å². The quantitative estimate of drug-likeness (QED) is 0.529. The Hall–Kier alpha value is 0.160. The summed E-state index contributed by atoms with van der Waals surface area (Å²) >= 11 is 17.7. The number of nitrogens with one attached hydrogen (secondary N) is 3. The lowest BCUT2D eigenvalue weighted by molar-refractivity contribution is 0.904. The molecule has 0 amide bonds. The van der Waals surface area contributed by atoms with E-state index in [1.54, 1.807) is 0 Å². The number of guanidine groups is 1. The number of alkyl halides is 3. The third-order valence-electron chi connectivity index (χ3n) is 2.05. The molecule has 0 unspecified atom stereocenters. The van der Waals surface area contributed by atoms with Gasteiger partial charge in [-0.1, -0.05) is 48.7 Å². The molecule has 1 aliphatic heterocycles. The predicted octanol–water partition coefficient (Wildman–Crippen LogP) is 2.90. The van der Waals surface area contributed by atoms with Gasteiger partial charge in [-0.15, -0.1) is 0 Å². The van der Waals surface area contributed by atoms with Crippen molar-refractivity contribution in [1.29, 1.82) is 0 Å². The lowest BCUT2D eigenvalue weighted by atomic mass is 10.7. The van der Waals surface area contributed by atoms with Crippen LogP contribution in [0.3, 0.4) is 0 Å². The van der Waals surface area contributed by atoms with Crippen LogP contribution in [0.2, 0.25) is 0 Å². The van der Waals surface area contributed by atoms with Gasteiger partial charge in [-0.2, -0.15) is 9.74 Å². The van der Waals surface area contributed by atoms with Crippen LogP contribution in [-0.2, 0) is 0 Å². The smallest absolute Gasteiger partial charge is 0.250 e. The van der Waals surface area contributed by atoms with Gasteiger partial charge in [-0.05, 0) is 6.92 Å². The van der Waals surface area contributed by atoms with Crippen molar-refractivity contribution in [3.63, 3.8) is 0 Å².